The standard InChI is InChI=1S/C3H7O6P/c1-2(4)3(5)9-10(6,7)8/h2,4H,1H3,(H2,6,7,8). The number of aliphatic hydroxyl groups excluding tert-OH is 1. The molecule has 0 aliphatic rings. The van der Waals surface area contributed by atoms with Crippen molar-refractivity contribution < 1.29 is 28.8 Å². The number of carbonyl (C=O) groups is 1. The molecule has 0 spiro atoms. The van der Waals surface area contributed by atoms with E-state index in [-0.39, 0.29) is 0 Å². The highest BCUT2D eigenvalue weighted by Crippen LogP contribution is 2.36. The maximum Gasteiger partial charge on any atom is 0.527 e. The van der Waals surface area contributed by atoms with E-state index in [2.05, 4.69) is 4.52 Å². The summed E-state index contributed by atoms with van der Waals surface area (Å²) in [5.41, 5.74) is 0. The summed E-state index contributed by atoms with van der Waals surface area (Å²) in [7, 11) is -4.79. The van der Waals surface area contributed by atoms with Crippen molar-refractivity contribution in [1.29, 1.82) is 0 Å². The van der Waals surface area contributed by atoms with Crippen molar-refractivity contribution in [3.63, 3.8) is 0 Å². The van der Waals surface area contributed by atoms with Gasteiger partial charge >= 0.3 is 13.8 Å². The van der Waals surface area contributed by atoms with E-state index in [0.717, 1.165) is 6.92 Å². The van der Waals surface area contributed by atoms with Gasteiger partial charge in [-0.15, -0.1) is 0 Å². The largest absolute Gasteiger partial charge is 0.527 e. The number of carbonyl (C=O) groups excluding carboxylic acids is 1. The maximum absolute atomic E-state index is 10.2. The van der Waals surface area contributed by atoms with Gasteiger partial charge in [-0.1, -0.05) is 0 Å². The Kier molecular flexibility index (Phi) is 2.98. The molecule has 0 fully saturated rings. The lowest BCUT2D eigenvalue weighted by Gasteiger charge is -2.05. The third kappa shape index (κ3) is 4.46. The second-order valence-corrected chi connectivity index (χ2v) is 2.74. The second-order valence-electron chi connectivity index (χ2n) is 1.58. The van der Waals surface area contributed by atoms with Crippen molar-refractivity contribution in [2.24, 2.45) is 0 Å². The Hall–Kier alpha value is -0.420. The predicted molar refractivity (Wildman–Crippen MR) is 29.8 cm³/mol. The van der Waals surface area contributed by atoms with Gasteiger partial charge in [-0.3, -0.25) is 9.79 Å². The zero-order valence-electron chi connectivity index (χ0n) is 5.09. The third-order valence-electron chi connectivity index (χ3n) is 0.550. The highest BCUT2D eigenvalue weighted by atomic mass is 31.2. The van der Waals surface area contributed by atoms with Crippen molar-refractivity contribution in [2.75, 3.05) is 0 Å². The lowest BCUT2D eigenvalue weighted by atomic mass is 10.4. The van der Waals surface area contributed by atoms with Gasteiger partial charge in [0, 0.05) is 0 Å². The maximum atomic E-state index is 10.2. The van der Waals surface area contributed by atoms with Gasteiger partial charge in [0.2, 0.25) is 0 Å². The molecular weight excluding hydrogens is 163 g/mol. The molecule has 10 heavy (non-hydrogen) atoms. The molecule has 3 N–H and O–H groups in total. The van der Waals surface area contributed by atoms with Gasteiger partial charge in [-0.05, 0) is 6.92 Å². The molecule has 60 valence electrons. The molecule has 1 atom stereocenters. The fraction of sp³-hybridized carbons (Fsp3) is 0.667. The summed E-state index contributed by atoms with van der Waals surface area (Å²) in [6.45, 7) is 1.04. The number of hydrogen-bond acceptors (Lipinski definition) is 4. The van der Waals surface area contributed by atoms with Crippen LogP contribution in [0.25, 0.3) is 0 Å². The first kappa shape index (κ1) is 9.58. The molecule has 0 saturated heterocycles. The molecule has 0 aliphatic carbocycles. The van der Waals surface area contributed by atoms with Crippen LogP contribution < -0.4 is 0 Å². The van der Waals surface area contributed by atoms with E-state index in [1.807, 2.05) is 0 Å². The minimum atomic E-state index is -4.79. The van der Waals surface area contributed by atoms with Gasteiger partial charge in [0.25, 0.3) is 0 Å². The van der Waals surface area contributed by atoms with Crippen molar-refractivity contribution in [3.8, 4) is 0 Å². The Labute approximate surface area is 56.7 Å². The average molecular weight is 170 g/mol. The lowest BCUT2D eigenvalue weighted by Crippen LogP contribution is -2.17. The summed E-state index contributed by atoms with van der Waals surface area (Å²) >= 11 is 0. The summed E-state index contributed by atoms with van der Waals surface area (Å²) in [5.74, 6) is -1.34. The predicted octanol–water partition coefficient (Wildman–Crippen LogP) is -0.997. The summed E-state index contributed by atoms with van der Waals surface area (Å²) in [6.07, 6.45) is -1.52. The molecular formula is C3H7O6P. The Morgan fingerprint density at radius 2 is 2.00 bits per heavy atom. The van der Waals surface area contributed by atoms with Crippen LogP contribution in [0.15, 0.2) is 0 Å². The fourth-order valence-corrected chi connectivity index (χ4v) is 0.580. The zero-order valence-corrected chi connectivity index (χ0v) is 5.99. The van der Waals surface area contributed by atoms with E-state index in [4.69, 9.17) is 14.9 Å². The highest BCUT2D eigenvalue weighted by molar-refractivity contribution is 7.46. The van der Waals surface area contributed by atoms with Crippen LogP contribution in [0.4, 0.5) is 0 Å². The fourth-order valence-electron chi connectivity index (χ4n) is 0.193. The average Bonchev–Trinajstić information content (AvgIpc) is 1.60. The molecule has 7 heteroatoms. The normalized spacial score (nSPS) is 14.4. The molecule has 0 aliphatic heterocycles. The van der Waals surface area contributed by atoms with Gasteiger partial charge in [0.1, 0.15) is 6.10 Å². The summed E-state index contributed by atoms with van der Waals surface area (Å²) in [5, 5.41) is 8.37. The molecule has 0 aromatic rings. The molecule has 0 radical (unpaired) electrons. The van der Waals surface area contributed by atoms with Crippen LogP contribution in [0, 0.1) is 0 Å². The zero-order chi connectivity index (χ0) is 8.36. The Morgan fingerprint density at radius 1 is 1.60 bits per heavy atom. The molecule has 0 aromatic carbocycles. The highest BCUT2D eigenvalue weighted by Gasteiger charge is 2.23. The van der Waals surface area contributed by atoms with Crippen LogP contribution in [-0.4, -0.2) is 27.0 Å². The van der Waals surface area contributed by atoms with Crippen LogP contribution >= 0.6 is 7.82 Å². The van der Waals surface area contributed by atoms with Crippen molar-refractivity contribution in [2.45, 2.75) is 13.0 Å². The Bertz CT molecular complexity index is 168. The lowest BCUT2D eigenvalue weighted by molar-refractivity contribution is -0.144. The van der Waals surface area contributed by atoms with Crippen LogP contribution in [-0.2, 0) is 13.9 Å². The Morgan fingerprint density at radius 3 is 2.10 bits per heavy atom. The number of aliphatic hydroxyl groups is 1. The smallest absolute Gasteiger partial charge is 0.382 e. The SMILES string of the molecule is CC(O)C(=O)OP(=O)(O)O. The van der Waals surface area contributed by atoms with Crippen molar-refractivity contribution in [3.05, 3.63) is 0 Å². The van der Waals surface area contributed by atoms with Crippen LogP contribution in [0.1, 0.15) is 6.92 Å². The summed E-state index contributed by atoms with van der Waals surface area (Å²) < 4.78 is 13.4. The van der Waals surface area contributed by atoms with Crippen LogP contribution in [0.2, 0.25) is 0 Å². The quantitative estimate of drug-likeness (QED) is 0.459. The van der Waals surface area contributed by atoms with Crippen LogP contribution in [0.3, 0.4) is 0 Å². The van der Waals surface area contributed by atoms with E-state index in [9.17, 15) is 9.36 Å². The van der Waals surface area contributed by atoms with Gasteiger partial charge in [0.05, 0.1) is 0 Å². The van der Waals surface area contributed by atoms with E-state index in [0.29, 0.717) is 0 Å². The monoisotopic (exact) mass is 170 g/mol. The summed E-state index contributed by atoms with van der Waals surface area (Å²) in [4.78, 5) is 26.2. The van der Waals surface area contributed by atoms with Crippen molar-refractivity contribution in [1.82, 2.24) is 0 Å². The Balaban J connectivity index is 3.94. The van der Waals surface area contributed by atoms with Gasteiger partial charge in [0.15, 0.2) is 0 Å². The molecule has 0 saturated carbocycles. The minimum Gasteiger partial charge on any atom is -0.382 e. The summed E-state index contributed by atoms with van der Waals surface area (Å²) in [6, 6.07) is 0. The third-order valence-corrected chi connectivity index (χ3v) is 0.968. The van der Waals surface area contributed by atoms with E-state index in [1.54, 1.807) is 0 Å². The molecule has 0 heterocycles. The first-order chi connectivity index (χ1) is 4.33. The number of phosphoric acid groups is 1. The number of rotatable bonds is 2. The molecule has 1 unspecified atom stereocenters. The van der Waals surface area contributed by atoms with E-state index < -0.39 is 19.9 Å². The second kappa shape index (κ2) is 3.12. The van der Waals surface area contributed by atoms with Crippen molar-refractivity contribution >= 4 is 13.8 Å². The molecule has 0 bridgehead atoms. The van der Waals surface area contributed by atoms with Gasteiger partial charge in [-0.2, -0.15) is 0 Å². The number of phosphoric ester groups is 1. The minimum absolute atomic E-state index is 1.04. The van der Waals surface area contributed by atoms with Crippen LogP contribution in [0.5, 0.6) is 0 Å². The number of hydrogen-bond donors (Lipinski definition) is 3. The van der Waals surface area contributed by atoms with E-state index >= 15 is 0 Å². The first-order valence-electron chi connectivity index (χ1n) is 2.30. The molecule has 0 rings (SSSR count). The van der Waals surface area contributed by atoms with E-state index in [1.165, 1.54) is 0 Å². The molecule has 0 aromatic heterocycles. The topological polar surface area (TPSA) is 104 Å². The molecule has 0 amide bonds. The van der Waals surface area contributed by atoms with Gasteiger partial charge < -0.3 is 9.63 Å². The molecule has 6 nitrogen and oxygen atoms in total. The first-order valence-corrected chi connectivity index (χ1v) is 3.83. The van der Waals surface area contributed by atoms with Gasteiger partial charge in [-0.25, -0.2) is 9.36 Å².